The Balaban J connectivity index is 1.98. The van der Waals surface area contributed by atoms with Gasteiger partial charge in [-0.25, -0.2) is 9.59 Å². The lowest BCUT2D eigenvalue weighted by molar-refractivity contribution is -0.159. The fourth-order valence-corrected chi connectivity index (χ4v) is 4.80. The number of aryl methyl sites for hydroxylation is 2. The lowest BCUT2D eigenvalue weighted by Gasteiger charge is -2.34. The lowest BCUT2D eigenvalue weighted by atomic mass is 9.97. The van der Waals surface area contributed by atoms with Crippen LogP contribution in [0.15, 0.2) is 48.5 Å². The monoisotopic (exact) mass is 593 g/mol. The molecule has 1 saturated carbocycles. The fraction of sp³-hybridized carbons (Fsp3) is 0.529. The van der Waals surface area contributed by atoms with Crippen LogP contribution in [-0.2, 0) is 30.3 Å². The van der Waals surface area contributed by atoms with Gasteiger partial charge in [0.1, 0.15) is 29.8 Å². The lowest BCUT2D eigenvalue weighted by Crippen LogP contribution is -2.53. The van der Waals surface area contributed by atoms with E-state index in [1.54, 1.807) is 46.4 Å². The number of alkyl carbamates (subject to hydrolysis) is 1. The number of ether oxygens (including phenoxy) is 2. The molecule has 0 heterocycles. The van der Waals surface area contributed by atoms with Crippen LogP contribution in [-0.4, -0.2) is 58.6 Å². The van der Waals surface area contributed by atoms with Crippen LogP contribution in [0.1, 0.15) is 83.2 Å². The summed E-state index contributed by atoms with van der Waals surface area (Å²) in [6.45, 7) is 16.1. The number of esters is 1. The number of hydrogen-bond acceptors (Lipinski definition) is 6. The van der Waals surface area contributed by atoms with Crippen molar-refractivity contribution in [3.05, 3.63) is 70.8 Å². The maximum absolute atomic E-state index is 14.3. The second kappa shape index (κ2) is 13.6. The molecule has 0 spiro atoms. The molecule has 1 fully saturated rings. The first-order valence-electron chi connectivity index (χ1n) is 14.9. The molecule has 1 aliphatic rings. The van der Waals surface area contributed by atoms with E-state index in [0.717, 1.165) is 16.7 Å². The Labute approximate surface area is 255 Å². The maximum atomic E-state index is 14.3. The number of benzene rings is 2. The summed E-state index contributed by atoms with van der Waals surface area (Å²) in [4.78, 5) is 55.4. The van der Waals surface area contributed by atoms with Crippen molar-refractivity contribution in [2.45, 2.75) is 104 Å². The maximum Gasteiger partial charge on any atom is 0.408 e. The van der Waals surface area contributed by atoms with Gasteiger partial charge in [0.05, 0.1) is 0 Å². The van der Waals surface area contributed by atoms with Crippen molar-refractivity contribution in [2.24, 2.45) is 5.92 Å². The summed E-state index contributed by atoms with van der Waals surface area (Å²) in [6.07, 6.45) is 0.214. The first-order valence-corrected chi connectivity index (χ1v) is 14.9. The number of amides is 3. The van der Waals surface area contributed by atoms with Gasteiger partial charge in [-0.3, -0.25) is 9.59 Å². The predicted octanol–water partition coefficient (Wildman–Crippen LogP) is 5.18. The van der Waals surface area contributed by atoms with E-state index < -0.39 is 47.2 Å². The smallest absolute Gasteiger partial charge is 0.408 e. The largest absolute Gasteiger partial charge is 0.458 e. The Morgan fingerprint density at radius 2 is 1.51 bits per heavy atom. The van der Waals surface area contributed by atoms with Crippen molar-refractivity contribution in [3.8, 4) is 0 Å². The van der Waals surface area contributed by atoms with Gasteiger partial charge in [0.25, 0.3) is 0 Å². The normalized spacial score (nSPS) is 17.7. The summed E-state index contributed by atoms with van der Waals surface area (Å²) in [6, 6.07) is 12.8. The van der Waals surface area contributed by atoms with Crippen LogP contribution in [0.4, 0.5) is 4.79 Å². The van der Waals surface area contributed by atoms with Crippen molar-refractivity contribution >= 4 is 23.9 Å². The van der Waals surface area contributed by atoms with Crippen LogP contribution in [0.3, 0.4) is 0 Å². The van der Waals surface area contributed by atoms with E-state index in [-0.39, 0.29) is 24.9 Å². The van der Waals surface area contributed by atoms with Gasteiger partial charge in [0, 0.05) is 12.5 Å². The minimum atomic E-state index is -1.04. The van der Waals surface area contributed by atoms with Crippen LogP contribution < -0.4 is 10.6 Å². The number of rotatable bonds is 10. The summed E-state index contributed by atoms with van der Waals surface area (Å²) < 4.78 is 11.0. The molecule has 4 atom stereocenters. The second-order valence-corrected chi connectivity index (χ2v) is 13.5. The number of carbonyl (C=O) groups is 4. The van der Waals surface area contributed by atoms with Crippen LogP contribution in [0, 0.1) is 19.8 Å². The van der Waals surface area contributed by atoms with Gasteiger partial charge >= 0.3 is 12.1 Å². The third kappa shape index (κ3) is 10.1. The first-order chi connectivity index (χ1) is 19.9. The predicted molar refractivity (Wildman–Crippen MR) is 165 cm³/mol. The average Bonchev–Trinajstić information content (AvgIpc) is 3.61. The van der Waals surface area contributed by atoms with Gasteiger partial charge in [0.15, 0.2) is 0 Å². The highest BCUT2D eigenvalue weighted by atomic mass is 16.6. The zero-order valence-corrected chi connectivity index (χ0v) is 26.9. The van der Waals surface area contributed by atoms with E-state index in [4.69, 9.17) is 9.47 Å². The van der Waals surface area contributed by atoms with E-state index in [0.29, 0.717) is 12.0 Å². The molecule has 2 aromatic carbocycles. The molecule has 234 valence electrons. The van der Waals surface area contributed by atoms with Crippen LogP contribution >= 0.6 is 0 Å². The van der Waals surface area contributed by atoms with Gasteiger partial charge in [-0.2, -0.15) is 0 Å². The molecule has 0 saturated heterocycles. The third-order valence-corrected chi connectivity index (χ3v) is 7.16. The van der Waals surface area contributed by atoms with E-state index >= 15 is 0 Å². The topological polar surface area (TPSA) is 114 Å². The third-order valence-electron chi connectivity index (χ3n) is 7.16. The van der Waals surface area contributed by atoms with E-state index in [1.165, 1.54) is 0 Å². The number of hydrogen-bond donors (Lipinski definition) is 2. The molecule has 9 nitrogen and oxygen atoms in total. The zero-order chi connectivity index (χ0) is 32.1. The first kappa shape index (κ1) is 33.6. The Kier molecular flexibility index (Phi) is 10.6. The molecule has 1 aliphatic carbocycles. The van der Waals surface area contributed by atoms with Crippen LogP contribution in [0.5, 0.6) is 0 Å². The standard InChI is InChI=1S/C34H47N3O6/c1-21-15-16-25(17-22(21)2)29(37(27-18-23(27)3)28(38)20-35-32(41)43-34(7,8)9)30(39)36-26(31(40)42-33(4,5)6)19-24-13-11-10-12-14-24/h10-17,23,26-27,29H,18-20H2,1-9H3,(H,35,41)(H,36,39). The van der Waals surface area contributed by atoms with Crippen molar-refractivity contribution in [1.29, 1.82) is 0 Å². The highest BCUT2D eigenvalue weighted by Crippen LogP contribution is 2.40. The van der Waals surface area contributed by atoms with Crippen LogP contribution in [0.25, 0.3) is 0 Å². The van der Waals surface area contributed by atoms with Crippen molar-refractivity contribution < 1.29 is 28.7 Å². The van der Waals surface area contributed by atoms with E-state index in [2.05, 4.69) is 10.6 Å². The van der Waals surface area contributed by atoms with Crippen molar-refractivity contribution in [2.75, 3.05) is 6.54 Å². The van der Waals surface area contributed by atoms with Gasteiger partial charge < -0.3 is 25.0 Å². The van der Waals surface area contributed by atoms with E-state index in [1.807, 2.05) is 69.3 Å². The molecule has 43 heavy (non-hydrogen) atoms. The average molecular weight is 594 g/mol. The van der Waals surface area contributed by atoms with Gasteiger partial charge in [-0.1, -0.05) is 55.5 Å². The molecule has 2 aromatic rings. The molecule has 2 N–H and O–H groups in total. The summed E-state index contributed by atoms with van der Waals surface area (Å²) in [5.74, 6) is -1.32. The van der Waals surface area contributed by atoms with E-state index in [9.17, 15) is 19.2 Å². The summed E-state index contributed by atoms with van der Waals surface area (Å²) in [5.41, 5.74) is 1.99. The number of carbonyl (C=O) groups excluding carboxylic acids is 4. The molecule has 0 radical (unpaired) electrons. The van der Waals surface area contributed by atoms with Gasteiger partial charge in [0.2, 0.25) is 11.8 Å². The fourth-order valence-electron chi connectivity index (χ4n) is 4.80. The molecular formula is C34H47N3O6. The highest BCUT2D eigenvalue weighted by Gasteiger charge is 2.47. The van der Waals surface area contributed by atoms with Gasteiger partial charge in [-0.05, 0) is 90.0 Å². The quantitative estimate of drug-likeness (QED) is 0.367. The highest BCUT2D eigenvalue weighted by molar-refractivity contribution is 5.93. The summed E-state index contributed by atoms with van der Waals surface area (Å²) >= 11 is 0. The number of nitrogens with zero attached hydrogens (tertiary/aromatic N) is 1. The Morgan fingerprint density at radius 3 is 2.05 bits per heavy atom. The minimum Gasteiger partial charge on any atom is -0.458 e. The SMILES string of the molecule is Cc1ccc(C(C(=O)NC(Cc2ccccc2)C(=O)OC(C)(C)C)N(C(=O)CNC(=O)OC(C)(C)C)C2CC2C)cc1C. The summed E-state index contributed by atoms with van der Waals surface area (Å²) in [7, 11) is 0. The van der Waals surface area contributed by atoms with Crippen molar-refractivity contribution in [3.63, 3.8) is 0 Å². The molecule has 0 aliphatic heterocycles. The molecule has 3 rings (SSSR count). The minimum absolute atomic E-state index is 0.165. The molecule has 0 bridgehead atoms. The molecule has 3 amide bonds. The van der Waals surface area contributed by atoms with Crippen molar-refractivity contribution in [1.82, 2.24) is 15.5 Å². The summed E-state index contributed by atoms with van der Waals surface area (Å²) in [5, 5.41) is 5.47. The Bertz CT molecular complexity index is 1310. The van der Waals surface area contributed by atoms with Crippen LogP contribution in [0.2, 0.25) is 0 Å². The Hall–Kier alpha value is -3.88. The second-order valence-electron chi connectivity index (χ2n) is 13.5. The molecule has 4 unspecified atom stereocenters. The molecule has 0 aromatic heterocycles. The molecular weight excluding hydrogens is 546 g/mol. The van der Waals surface area contributed by atoms with Gasteiger partial charge in [-0.15, -0.1) is 0 Å². The number of nitrogens with one attached hydrogen (secondary N) is 2. The Morgan fingerprint density at radius 1 is 0.907 bits per heavy atom. The molecule has 9 heteroatoms. The zero-order valence-electron chi connectivity index (χ0n) is 26.9.